The molecule has 0 saturated carbocycles. The zero-order valence-electron chi connectivity index (χ0n) is 16.9. The summed E-state index contributed by atoms with van der Waals surface area (Å²) in [5.41, 5.74) is 4.10. The molecule has 170 valence electrons. The molecule has 0 spiro atoms. The van der Waals surface area contributed by atoms with Crippen LogP contribution in [0.1, 0.15) is 23.5 Å². The lowest BCUT2D eigenvalue weighted by Crippen LogP contribution is -2.48. The van der Waals surface area contributed by atoms with Crippen molar-refractivity contribution in [2.24, 2.45) is 0 Å². The zero-order valence-corrected chi connectivity index (χ0v) is 16.9. The van der Waals surface area contributed by atoms with Crippen LogP contribution in [0.4, 0.5) is 13.6 Å². The van der Waals surface area contributed by atoms with Gasteiger partial charge in [-0.25, -0.2) is 4.79 Å². The van der Waals surface area contributed by atoms with Gasteiger partial charge in [0.15, 0.2) is 0 Å². The van der Waals surface area contributed by atoms with Crippen LogP contribution in [0.5, 0.6) is 0 Å². The van der Waals surface area contributed by atoms with Gasteiger partial charge >= 0.3 is 18.7 Å². The van der Waals surface area contributed by atoms with Crippen molar-refractivity contribution in [1.82, 2.24) is 10.6 Å². The van der Waals surface area contributed by atoms with E-state index in [-0.39, 0.29) is 19.1 Å². The average Bonchev–Trinajstić information content (AvgIpc) is 3.08. The lowest BCUT2D eigenvalue weighted by Gasteiger charge is -2.18. The maximum Gasteiger partial charge on any atom is 0.407 e. The molecule has 0 heterocycles. The number of rotatable bonds is 10. The van der Waals surface area contributed by atoms with Crippen LogP contribution < -0.4 is 10.6 Å². The molecule has 2 aromatic rings. The number of fused-ring (bicyclic) bond motifs is 3. The highest BCUT2D eigenvalue weighted by Crippen LogP contribution is 2.44. The van der Waals surface area contributed by atoms with E-state index >= 15 is 0 Å². The number of amides is 2. The predicted octanol–water partition coefficient (Wildman–Crippen LogP) is 2.72. The second kappa shape index (κ2) is 10.7. The van der Waals surface area contributed by atoms with E-state index in [9.17, 15) is 23.2 Å². The molecule has 2 amide bonds. The summed E-state index contributed by atoms with van der Waals surface area (Å²) in [6.07, 6.45) is -1.66. The molecule has 3 N–H and O–H groups in total. The molecule has 0 fully saturated rings. The summed E-state index contributed by atoms with van der Waals surface area (Å²) in [7, 11) is 0. The topological polar surface area (TPSA) is 114 Å². The number of hydrogen-bond acceptors (Lipinski definition) is 5. The van der Waals surface area contributed by atoms with Gasteiger partial charge in [0.05, 0.1) is 13.0 Å². The molecule has 0 saturated heterocycles. The van der Waals surface area contributed by atoms with Crippen LogP contribution >= 0.6 is 0 Å². The lowest BCUT2D eigenvalue weighted by atomic mass is 9.98. The van der Waals surface area contributed by atoms with Crippen molar-refractivity contribution >= 4 is 18.0 Å². The van der Waals surface area contributed by atoms with Crippen molar-refractivity contribution in [2.45, 2.75) is 25.0 Å². The Hall–Kier alpha value is -3.53. The SMILES string of the molecule is O=C(O)CC(NC(=O)OCC1c2ccccc2-c2ccccc21)C(=O)NCCOC(F)F. The molecule has 0 aromatic heterocycles. The Balaban J connectivity index is 1.59. The molecule has 32 heavy (non-hydrogen) atoms. The monoisotopic (exact) mass is 448 g/mol. The normalized spacial score (nSPS) is 13.2. The molecule has 0 bridgehead atoms. The van der Waals surface area contributed by atoms with Crippen LogP contribution in [-0.2, 0) is 19.1 Å². The van der Waals surface area contributed by atoms with Crippen molar-refractivity contribution < 1.29 is 37.7 Å². The molecule has 1 atom stereocenters. The highest BCUT2D eigenvalue weighted by molar-refractivity contribution is 5.89. The van der Waals surface area contributed by atoms with Crippen LogP contribution in [0, 0.1) is 0 Å². The Morgan fingerprint density at radius 1 is 1.00 bits per heavy atom. The number of carboxylic acid groups (broad SMARTS) is 1. The number of aliphatic carboxylic acids is 1. The first-order chi connectivity index (χ1) is 15.4. The van der Waals surface area contributed by atoms with E-state index in [0.29, 0.717) is 0 Å². The Labute approximate surface area is 182 Å². The number of carbonyl (C=O) groups is 3. The van der Waals surface area contributed by atoms with E-state index in [4.69, 9.17) is 9.84 Å². The summed E-state index contributed by atoms with van der Waals surface area (Å²) in [6, 6.07) is 14.1. The highest BCUT2D eigenvalue weighted by Gasteiger charge is 2.30. The van der Waals surface area contributed by atoms with Crippen molar-refractivity contribution in [3.05, 3.63) is 59.7 Å². The van der Waals surface area contributed by atoms with Crippen LogP contribution in [0.2, 0.25) is 0 Å². The van der Waals surface area contributed by atoms with Crippen molar-refractivity contribution in [3.8, 4) is 11.1 Å². The average molecular weight is 448 g/mol. The molecular weight excluding hydrogens is 426 g/mol. The van der Waals surface area contributed by atoms with E-state index in [1.807, 2.05) is 48.5 Å². The number of benzene rings is 2. The van der Waals surface area contributed by atoms with Crippen molar-refractivity contribution in [3.63, 3.8) is 0 Å². The largest absolute Gasteiger partial charge is 0.481 e. The third kappa shape index (κ3) is 5.79. The molecule has 8 nitrogen and oxygen atoms in total. The number of carbonyl (C=O) groups excluding carboxylic acids is 2. The van der Waals surface area contributed by atoms with Crippen LogP contribution in [-0.4, -0.2) is 55.5 Å². The first-order valence-corrected chi connectivity index (χ1v) is 9.87. The van der Waals surface area contributed by atoms with Gasteiger partial charge in [-0.1, -0.05) is 48.5 Å². The fraction of sp³-hybridized carbons (Fsp3) is 0.318. The van der Waals surface area contributed by atoms with Crippen LogP contribution in [0.15, 0.2) is 48.5 Å². The van der Waals surface area contributed by atoms with Crippen LogP contribution in [0.3, 0.4) is 0 Å². The summed E-state index contributed by atoms with van der Waals surface area (Å²) in [4.78, 5) is 35.5. The van der Waals surface area contributed by atoms with Crippen molar-refractivity contribution in [1.29, 1.82) is 0 Å². The summed E-state index contributed by atoms with van der Waals surface area (Å²) >= 11 is 0. The number of hydrogen-bond donors (Lipinski definition) is 3. The summed E-state index contributed by atoms with van der Waals surface area (Å²) in [6.45, 7) is -3.73. The van der Waals surface area contributed by atoms with Gasteiger partial charge in [0.25, 0.3) is 0 Å². The first kappa shape index (κ1) is 23.1. The molecule has 10 heteroatoms. The Morgan fingerprint density at radius 3 is 2.16 bits per heavy atom. The molecule has 3 rings (SSSR count). The number of nitrogens with one attached hydrogen (secondary N) is 2. The van der Waals surface area contributed by atoms with Gasteiger partial charge in [-0.2, -0.15) is 8.78 Å². The van der Waals surface area contributed by atoms with Crippen molar-refractivity contribution in [2.75, 3.05) is 19.8 Å². The van der Waals surface area contributed by atoms with Gasteiger partial charge in [0.1, 0.15) is 12.6 Å². The Morgan fingerprint density at radius 2 is 1.59 bits per heavy atom. The van der Waals surface area contributed by atoms with E-state index in [1.54, 1.807) is 0 Å². The maximum atomic E-state index is 12.3. The molecule has 0 aliphatic heterocycles. The lowest BCUT2D eigenvalue weighted by molar-refractivity contribution is -0.140. The minimum absolute atomic E-state index is 0.0104. The summed E-state index contributed by atoms with van der Waals surface area (Å²) in [5, 5.41) is 13.5. The minimum atomic E-state index is -2.99. The Bertz CT molecular complexity index is 939. The van der Waals surface area contributed by atoms with Gasteiger partial charge < -0.3 is 25.2 Å². The second-order valence-electron chi connectivity index (χ2n) is 7.04. The molecular formula is C22H22F2N2O6. The zero-order chi connectivity index (χ0) is 23.1. The number of ether oxygens (including phenoxy) is 2. The van der Waals surface area contributed by atoms with Gasteiger partial charge in [-0.05, 0) is 22.3 Å². The number of carboxylic acids is 1. The third-order valence-electron chi connectivity index (χ3n) is 4.98. The fourth-order valence-corrected chi connectivity index (χ4v) is 3.61. The van der Waals surface area contributed by atoms with Gasteiger partial charge in [0, 0.05) is 12.5 Å². The van der Waals surface area contributed by atoms with Gasteiger partial charge in [-0.15, -0.1) is 0 Å². The van der Waals surface area contributed by atoms with E-state index < -0.39 is 43.7 Å². The summed E-state index contributed by atoms with van der Waals surface area (Å²) in [5.74, 6) is -2.38. The predicted molar refractivity (Wildman–Crippen MR) is 109 cm³/mol. The number of halogens is 2. The number of alkyl carbamates (subject to hydrolysis) is 1. The Kier molecular flexibility index (Phi) is 7.72. The third-order valence-corrected chi connectivity index (χ3v) is 4.98. The van der Waals surface area contributed by atoms with E-state index in [1.165, 1.54) is 0 Å². The molecule has 1 aliphatic carbocycles. The molecule has 2 aromatic carbocycles. The maximum absolute atomic E-state index is 12.3. The molecule has 1 unspecified atom stereocenters. The molecule has 1 aliphatic rings. The molecule has 0 radical (unpaired) electrons. The van der Waals surface area contributed by atoms with E-state index in [0.717, 1.165) is 22.3 Å². The quantitative estimate of drug-likeness (QED) is 0.482. The van der Waals surface area contributed by atoms with E-state index in [2.05, 4.69) is 15.4 Å². The summed E-state index contributed by atoms with van der Waals surface area (Å²) < 4.78 is 33.3. The fourth-order valence-electron chi connectivity index (χ4n) is 3.61. The number of alkyl halides is 2. The minimum Gasteiger partial charge on any atom is -0.481 e. The van der Waals surface area contributed by atoms with Crippen LogP contribution in [0.25, 0.3) is 11.1 Å². The first-order valence-electron chi connectivity index (χ1n) is 9.87. The standard InChI is InChI=1S/C22H22F2N2O6/c23-21(24)31-10-9-25-20(29)18(11-19(27)28)26-22(30)32-12-17-15-7-3-1-5-13(15)14-6-2-4-8-16(14)17/h1-8,17-18,21H,9-12H2,(H,25,29)(H,26,30)(H,27,28). The smallest absolute Gasteiger partial charge is 0.407 e. The second-order valence-corrected chi connectivity index (χ2v) is 7.04. The highest BCUT2D eigenvalue weighted by atomic mass is 19.3. The van der Waals surface area contributed by atoms with Gasteiger partial charge in [0.2, 0.25) is 5.91 Å². The van der Waals surface area contributed by atoms with Gasteiger partial charge in [-0.3, -0.25) is 9.59 Å².